The predicted molar refractivity (Wildman–Crippen MR) is 80.1 cm³/mol. The molecule has 1 atom stereocenters. The molecule has 1 aliphatic rings. The summed E-state index contributed by atoms with van der Waals surface area (Å²) in [6.45, 7) is 5.08. The number of β-amino-alcohol motifs (C(OH)–C–C–N with tert-alkyl or cyclic N) is 1. The maximum absolute atomic E-state index is 10.9. The molecule has 0 saturated carbocycles. The van der Waals surface area contributed by atoms with Gasteiger partial charge in [-0.3, -0.25) is 0 Å². The van der Waals surface area contributed by atoms with E-state index in [2.05, 4.69) is 21.4 Å². The highest BCUT2D eigenvalue weighted by molar-refractivity contribution is 5.46. The Morgan fingerprint density at radius 2 is 2.27 bits per heavy atom. The van der Waals surface area contributed by atoms with Crippen molar-refractivity contribution in [1.82, 2.24) is 20.0 Å². The van der Waals surface area contributed by atoms with Crippen LogP contribution in [0.2, 0.25) is 0 Å². The highest BCUT2D eigenvalue weighted by Crippen LogP contribution is 2.33. The first-order chi connectivity index (χ1) is 10.5. The van der Waals surface area contributed by atoms with Gasteiger partial charge < -0.3 is 10.0 Å². The van der Waals surface area contributed by atoms with Crippen LogP contribution in [0.5, 0.6) is 0 Å². The van der Waals surface area contributed by atoms with E-state index in [0.29, 0.717) is 36.6 Å². The summed E-state index contributed by atoms with van der Waals surface area (Å²) < 4.78 is 1.74. The zero-order valence-electron chi connectivity index (χ0n) is 12.6. The Bertz CT molecular complexity index is 719. The van der Waals surface area contributed by atoms with Crippen molar-refractivity contribution in [2.24, 2.45) is 0 Å². The number of nitriles is 1. The highest BCUT2D eigenvalue weighted by atomic mass is 16.3. The van der Waals surface area contributed by atoms with E-state index in [1.54, 1.807) is 29.2 Å². The van der Waals surface area contributed by atoms with Gasteiger partial charge in [0.1, 0.15) is 17.1 Å². The Hall–Kier alpha value is -2.46. The first kappa shape index (κ1) is 14.5. The molecule has 3 heterocycles. The van der Waals surface area contributed by atoms with E-state index in [9.17, 15) is 5.11 Å². The van der Waals surface area contributed by atoms with E-state index in [4.69, 9.17) is 5.26 Å². The second-order valence-corrected chi connectivity index (χ2v) is 5.90. The molecule has 0 aromatic carbocycles. The van der Waals surface area contributed by atoms with Crippen molar-refractivity contribution < 1.29 is 5.11 Å². The van der Waals surface area contributed by atoms with Gasteiger partial charge in [0, 0.05) is 25.2 Å². The molecule has 1 aliphatic heterocycles. The summed E-state index contributed by atoms with van der Waals surface area (Å²) in [5.41, 5.74) is 0.114. The lowest BCUT2D eigenvalue weighted by Crippen LogP contribution is -2.31. The lowest BCUT2D eigenvalue weighted by atomic mass is 10.00. The molecule has 1 N–H and O–H groups in total. The van der Waals surface area contributed by atoms with Crippen molar-refractivity contribution in [2.75, 3.05) is 18.0 Å². The largest absolute Gasteiger partial charge is 0.381 e. The summed E-state index contributed by atoms with van der Waals surface area (Å²) in [4.78, 5) is 6.25. The minimum Gasteiger partial charge on any atom is -0.381 e. The van der Waals surface area contributed by atoms with Gasteiger partial charge in [0.2, 0.25) is 0 Å². The molecule has 2 aromatic rings. The standard InChI is InChI=1S/C15H18N6O/c1-11(2)21-9-13(18-19-21)15(22)4-6-20(10-15)14-7-12(8-16)3-5-17-14/h3,5,7,9,11,22H,4,6,10H2,1-2H3. The van der Waals surface area contributed by atoms with E-state index < -0.39 is 5.60 Å². The highest BCUT2D eigenvalue weighted by Gasteiger charge is 2.40. The predicted octanol–water partition coefficient (Wildman–Crippen LogP) is 1.22. The van der Waals surface area contributed by atoms with Gasteiger partial charge in [0.25, 0.3) is 0 Å². The molecule has 0 amide bonds. The summed E-state index contributed by atoms with van der Waals surface area (Å²) in [6, 6.07) is 5.71. The third-order valence-corrected chi connectivity index (χ3v) is 3.96. The Balaban J connectivity index is 1.82. The van der Waals surface area contributed by atoms with Crippen LogP contribution >= 0.6 is 0 Å². The number of rotatable bonds is 3. The van der Waals surface area contributed by atoms with Crippen molar-refractivity contribution in [1.29, 1.82) is 5.26 Å². The van der Waals surface area contributed by atoms with E-state index in [-0.39, 0.29) is 6.04 Å². The third-order valence-electron chi connectivity index (χ3n) is 3.96. The van der Waals surface area contributed by atoms with Gasteiger partial charge >= 0.3 is 0 Å². The van der Waals surface area contributed by atoms with Crippen LogP contribution in [0.1, 0.15) is 37.6 Å². The van der Waals surface area contributed by atoms with Crippen LogP contribution in [0.15, 0.2) is 24.5 Å². The lowest BCUT2D eigenvalue weighted by Gasteiger charge is -2.21. The van der Waals surface area contributed by atoms with Crippen molar-refractivity contribution >= 4 is 5.82 Å². The number of aromatic nitrogens is 4. The molecule has 7 heteroatoms. The average molecular weight is 298 g/mol. The normalized spacial score (nSPS) is 21.3. The van der Waals surface area contributed by atoms with Crippen LogP contribution in [0, 0.1) is 11.3 Å². The van der Waals surface area contributed by atoms with Crippen LogP contribution in [0.4, 0.5) is 5.82 Å². The Labute approximate surface area is 128 Å². The number of nitrogens with zero attached hydrogens (tertiary/aromatic N) is 6. The Kier molecular flexibility index (Phi) is 3.54. The fraction of sp³-hybridized carbons (Fsp3) is 0.467. The molecule has 7 nitrogen and oxygen atoms in total. The molecule has 1 fully saturated rings. The molecule has 2 aromatic heterocycles. The Morgan fingerprint density at radius 3 is 2.95 bits per heavy atom. The fourth-order valence-corrected chi connectivity index (χ4v) is 2.60. The molecule has 0 radical (unpaired) electrons. The van der Waals surface area contributed by atoms with Crippen LogP contribution in [-0.2, 0) is 5.60 Å². The summed E-state index contributed by atoms with van der Waals surface area (Å²) in [5, 5.41) is 28.0. The topological polar surface area (TPSA) is 90.9 Å². The molecule has 3 rings (SSSR count). The van der Waals surface area contributed by atoms with E-state index in [1.807, 2.05) is 18.7 Å². The molecular formula is C15H18N6O. The number of aliphatic hydroxyl groups is 1. The van der Waals surface area contributed by atoms with Crippen molar-refractivity contribution in [3.05, 3.63) is 35.8 Å². The number of pyridine rings is 1. The molecule has 0 bridgehead atoms. The van der Waals surface area contributed by atoms with Crippen LogP contribution in [-0.4, -0.2) is 38.2 Å². The minimum atomic E-state index is -1.03. The number of hydrogen-bond acceptors (Lipinski definition) is 6. The summed E-state index contributed by atoms with van der Waals surface area (Å²) in [5.74, 6) is 0.700. The second-order valence-electron chi connectivity index (χ2n) is 5.90. The van der Waals surface area contributed by atoms with Crippen molar-refractivity contribution in [3.63, 3.8) is 0 Å². The minimum absolute atomic E-state index is 0.205. The number of anilines is 1. The number of hydrogen-bond donors (Lipinski definition) is 1. The summed E-state index contributed by atoms with van der Waals surface area (Å²) >= 11 is 0. The van der Waals surface area contributed by atoms with Gasteiger partial charge in [-0.25, -0.2) is 9.67 Å². The summed E-state index contributed by atoms with van der Waals surface area (Å²) in [7, 11) is 0. The van der Waals surface area contributed by atoms with Crippen LogP contribution in [0.25, 0.3) is 0 Å². The monoisotopic (exact) mass is 298 g/mol. The van der Waals surface area contributed by atoms with Crippen molar-refractivity contribution in [3.8, 4) is 6.07 Å². The summed E-state index contributed by atoms with van der Waals surface area (Å²) in [6.07, 6.45) is 3.97. The first-order valence-electron chi connectivity index (χ1n) is 7.27. The smallest absolute Gasteiger partial charge is 0.129 e. The lowest BCUT2D eigenvalue weighted by molar-refractivity contribution is 0.0559. The molecule has 0 spiro atoms. The molecular weight excluding hydrogens is 280 g/mol. The van der Waals surface area contributed by atoms with Gasteiger partial charge in [-0.2, -0.15) is 5.26 Å². The maximum atomic E-state index is 10.9. The van der Waals surface area contributed by atoms with Gasteiger partial charge in [0.05, 0.1) is 24.4 Å². The van der Waals surface area contributed by atoms with Gasteiger partial charge in [-0.05, 0) is 26.0 Å². The molecule has 0 aliphatic carbocycles. The van der Waals surface area contributed by atoms with E-state index in [1.165, 1.54) is 0 Å². The van der Waals surface area contributed by atoms with Crippen LogP contribution in [0.3, 0.4) is 0 Å². The first-order valence-corrected chi connectivity index (χ1v) is 7.27. The van der Waals surface area contributed by atoms with Gasteiger partial charge in [0.15, 0.2) is 0 Å². The molecule has 1 unspecified atom stereocenters. The fourth-order valence-electron chi connectivity index (χ4n) is 2.60. The van der Waals surface area contributed by atoms with E-state index >= 15 is 0 Å². The van der Waals surface area contributed by atoms with Gasteiger partial charge in [-0.1, -0.05) is 5.21 Å². The van der Waals surface area contributed by atoms with E-state index in [0.717, 1.165) is 0 Å². The SMILES string of the molecule is CC(C)n1cc(C2(O)CCN(c3cc(C#N)ccn3)C2)nn1. The zero-order chi connectivity index (χ0) is 15.7. The second kappa shape index (κ2) is 5.39. The maximum Gasteiger partial charge on any atom is 0.129 e. The zero-order valence-corrected chi connectivity index (χ0v) is 12.6. The van der Waals surface area contributed by atoms with Gasteiger partial charge in [-0.15, -0.1) is 5.10 Å². The Morgan fingerprint density at radius 1 is 1.45 bits per heavy atom. The van der Waals surface area contributed by atoms with Crippen LogP contribution < -0.4 is 4.90 Å². The average Bonchev–Trinajstić information content (AvgIpc) is 3.15. The quantitative estimate of drug-likeness (QED) is 0.916. The molecule has 1 saturated heterocycles. The third kappa shape index (κ3) is 2.53. The molecule has 114 valence electrons. The van der Waals surface area contributed by atoms with Crippen molar-refractivity contribution in [2.45, 2.75) is 31.9 Å². The molecule has 22 heavy (non-hydrogen) atoms.